The Balaban J connectivity index is 1.27. The maximum absolute atomic E-state index is 12.5. The Morgan fingerprint density at radius 2 is 2.08 bits per heavy atom. The van der Waals surface area contributed by atoms with Crippen molar-refractivity contribution in [3.05, 3.63) is 12.4 Å². The lowest BCUT2D eigenvalue weighted by Crippen LogP contribution is -2.34. The third kappa shape index (κ3) is 3.58. The molecule has 2 amide bonds. The number of anilines is 1. The maximum Gasteiger partial charge on any atom is 0.321 e. The Labute approximate surface area is 144 Å². The van der Waals surface area contributed by atoms with Crippen molar-refractivity contribution in [2.45, 2.75) is 45.1 Å². The molecule has 2 aliphatic heterocycles. The third-order valence-electron chi connectivity index (χ3n) is 5.86. The molecular weight excluding hydrogens is 302 g/mol. The topological polar surface area (TPSA) is 53.4 Å². The molecule has 0 spiro atoms. The first-order chi connectivity index (χ1) is 11.7. The Bertz CT molecular complexity index is 576. The minimum absolute atomic E-state index is 0.0255. The van der Waals surface area contributed by atoms with Crippen LogP contribution in [0.4, 0.5) is 10.5 Å². The van der Waals surface area contributed by atoms with Gasteiger partial charge in [0.25, 0.3) is 0 Å². The molecule has 3 aliphatic rings. The SMILES string of the molecule is CC(C1CC1)n1cc(NC(=O)N2CCC(CN3CCCC3)C2)cn1. The summed E-state index contributed by atoms with van der Waals surface area (Å²) >= 11 is 0. The third-order valence-corrected chi connectivity index (χ3v) is 5.86. The summed E-state index contributed by atoms with van der Waals surface area (Å²) in [6.45, 7) is 7.59. The Hall–Kier alpha value is -1.56. The van der Waals surface area contributed by atoms with E-state index in [1.807, 2.05) is 15.8 Å². The fourth-order valence-corrected chi connectivity index (χ4v) is 4.12. The number of amides is 2. The molecule has 0 aromatic carbocycles. The second kappa shape index (κ2) is 6.75. The minimum atomic E-state index is 0.0255. The van der Waals surface area contributed by atoms with E-state index in [1.54, 1.807) is 6.20 Å². The van der Waals surface area contributed by atoms with Crippen molar-refractivity contribution in [1.82, 2.24) is 19.6 Å². The lowest BCUT2D eigenvalue weighted by atomic mass is 10.1. The van der Waals surface area contributed by atoms with E-state index in [1.165, 1.54) is 38.8 Å². The molecule has 3 fully saturated rings. The summed E-state index contributed by atoms with van der Waals surface area (Å²) in [5.41, 5.74) is 0.815. The molecule has 6 nitrogen and oxygen atoms in total. The van der Waals surface area contributed by atoms with E-state index in [2.05, 4.69) is 22.2 Å². The number of hydrogen-bond donors (Lipinski definition) is 1. The van der Waals surface area contributed by atoms with E-state index >= 15 is 0 Å². The van der Waals surface area contributed by atoms with Crippen molar-refractivity contribution in [3.63, 3.8) is 0 Å². The summed E-state index contributed by atoms with van der Waals surface area (Å²) in [4.78, 5) is 17.0. The first-order valence-electron chi connectivity index (χ1n) is 9.51. The Morgan fingerprint density at radius 1 is 1.29 bits per heavy atom. The van der Waals surface area contributed by atoms with E-state index in [9.17, 15) is 4.79 Å². The zero-order valence-corrected chi connectivity index (χ0v) is 14.7. The van der Waals surface area contributed by atoms with Gasteiger partial charge in [0.1, 0.15) is 0 Å². The van der Waals surface area contributed by atoms with E-state index in [0.717, 1.165) is 37.7 Å². The number of urea groups is 1. The van der Waals surface area contributed by atoms with Gasteiger partial charge in [0.05, 0.1) is 17.9 Å². The standard InChI is InChI=1S/C18H29N5O/c1-14(16-4-5-16)23-13-17(10-19-23)20-18(24)22-9-6-15(12-22)11-21-7-2-3-8-21/h10,13-16H,2-9,11-12H2,1H3,(H,20,24). The fourth-order valence-electron chi connectivity index (χ4n) is 4.12. The fraction of sp³-hybridized carbons (Fsp3) is 0.778. The molecule has 1 aromatic heterocycles. The van der Waals surface area contributed by atoms with Crippen molar-refractivity contribution in [2.75, 3.05) is 38.0 Å². The molecule has 3 heterocycles. The molecule has 2 saturated heterocycles. The van der Waals surface area contributed by atoms with Gasteiger partial charge in [0.2, 0.25) is 0 Å². The average Bonchev–Trinajstić information content (AvgIpc) is 2.97. The number of carbonyl (C=O) groups excluding carboxylic acids is 1. The lowest BCUT2D eigenvalue weighted by Gasteiger charge is -2.20. The van der Waals surface area contributed by atoms with Crippen LogP contribution in [0.25, 0.3) is 0 Å². The summed E-state index contributed by atoms with van der Waals surface area (Å²) in [5, 5.41) is 7.44. The predicted molar refractivity (Wildman–Crippen MR) is 94.0 cm³/mol. The number of likely N-dealkylation sites (tertiary alicyclic amines) is 2. The largest absolute Gasteiger partial charge is 0.324 e. The number of nitrogens with zero attached hydrogens (tertiary/aromatic N) is 4. The first kappa shape index (κ1) is 15.9. The van der Waals surface area contributed by atoms with E-state index < -0.39 is 0 Å². The predicted octanol–water partition coefficient (Wildman–Crippen LogP) is 2.80. The minimum Gasteiger partial charge on any atom is -0.324 e. The van der Waals surface area contributed by atoms with E-state index in [-0.39, 0.29) is 6.03 Å². The smallest absolute Gasteiger partial charge is 0.321 e. The normalized spacial score (nSPS) is 26.0. The second-order valence-electron chi connectivity index (χ2n) is 7.83. The van der Waals surface area contributed by atoms with Crippen LogP contribution in [0.3, 0.4) is 0 Å². The molecule has 1 aromatic rings. The highest BCUT2D eigenvalue weighted by Gasteiger charge is 2.30. The van der Waals surface area contributed by atoms with Crippen molar-refractivity contribution >= 4 is 11.7 Å². The number of nitrogens with one attached hydrogen (secondary N) is 1. The van der Waals surface area contributed by atoms with Gasteiger partial charge < -0.3 is 15.1 Å². The van der Waals surface area contributed by atoms with Crippen molar-refractivity contribution in [3.8, 4) is 0 Å². The van der Waals surface area contributed by atoms with Crippen molar-refractivity contribution < 1.29 is 4.79 Å². The molecule has 132 valence electrons. The zero-order chi connectivity index (χ0) is 16.5. The monoisotopic (exact) mass is 331 g/mol. The molecule has 2 atom stereocenters. The summed E-state index contributed by atoms with van der Waals surface area (Å²) < 4.78 is 1.99. The van der Waals surface area contributed by atoms with Gasteiger partial charge in [-0.3, -0.25) is 4.68 Å². The van der Waals surface area contributed by atoms with Gasteiger partial charge in [-0.25, -0.2) is 4.79 Å². The summed E-state index contributed by atoms with van der Waals surface area (Å²) in [5.74, 6) is 1.39. The summed E-state index contributed by atoms with van der Waals surface area (Å²) in [6, 6.07) is 0.463. The highest BCUT2D eigenvalue weighted by Crippen LogP contribution is 2.39. The molecule has 0 bridgehead atoms. The van der Waals surface area contributed by atoms with Gasteiger partial charge in [-0.1, -0.05) is 0 Å². The van der Waals surface area contributed by atoms with Crippen molar-refractivity contribution in [2.24, 2.45) is 11.8 Å². The maximum atomic E-state index is 12.5. The number of aromatic nitrogens is 2. The second-order valence-corrected chi connectivity index (χ2v) is 7.83. The highest BCUT2D eigenvalue weighted by molar-refractivity contribution is 5.89. The highest BCUT2D eigenvalue weighted by atomic mass is 16.2. The quantitative estimate of drug-likeness (QED) is 0.903. The van der Waals surface area contributed by atoms with E-state index in [0.29, 0.717) is 12.0 Å². The molecule has 2 unspecified atom stereocenters. The lowest BCUT2D eigenvalue weighted by molar-refractivity contribution is 0.217. The van der Waals surface area contributed by atoms with Gasteiger partial charge >= 0.3 is 6.03 Å². The van der Waals surface area contributed by atoms with Gasteiger partial charge in [0.15, 0.2) is 0 Å². The molecule has 0 radical (unpaired) electrons. The van der Waals surface area contributed by atoms with Crippen LogP contribution in [-0.2, 0) is 0 Å². The summed E-state index contributed by atoms with van der Waals surface area (Å²) in [6.07, 6.45) is 10.1. The van der Waals surface area contributed by atoms with Gasteiger partial charge in [-0.15, -0.1) is 0 Å². The van der Waals surface area contributed by atoms with Crippen LogP contribution in [-0.4, -0.2) is 58.3 Å². The molecule has 24 heavy (non-hydrogen) atoms. The Kier molecular flexibility index (Phi) is 4.48. The van der Waals surface area contributed by atoms with Crippen molar-refractivity contribution in [1.29, 1.82) is 0 Å². The number of hydrogen-bond acceptors (Lipinski definition) is 3. The van der Waals surface area contributed by atoms with Gasteiger partial charge in [-0.2, -0.15) is 5.10 Å². The average molecular weight is 331 g/mol. The van der Waals surface area contributed by atoms with Crippen LogP contribution >= 0.6 is 0 Å². The van der Waals surface area contributed by atoms with Crippen LogP contribution in [0.5, 0.6) is 0 Å². The Morgan fingerprint density at radius 3 is 2.83 bits per heavy atom. The molecule has 6 heteroatoms. The molecule has 1 N–H and O–H groups in total. The van der Waals surface area contributed by atoms with Crippen LogP contribution in [0.15, 0.2) is 12.4 Å². The zero-order valence-electron chi connectivity index (χ0n) is 14.7. The summed E-state index contributed by atoms with van der Waals surface area (Å²) in [7, 11) is 0. The van der Waals surface area contributed by atoms with Gasteiger partial charge in [-0.05, 0) is 64.0 Å². The van der Waals surface area contributed by atoms with Crippen LogP contribution < -0.4 is 5.32 Å². The molecule has 1 aliphatic carbocycles. The number of carbonyl (C=O) groups is 1. The first-order valence-corrected chi connectivity index (χ1v) is 9.51. The molecule has 1 saturated carbocycles. The van der Waals surface area contributed by atoms with Crippen LogP contribution in [0, 0.1) is 11.8 Å². The number of rotatable bonds is 5. The van der Waals surface area contributed by atoms with Crippen LogP contribution in [0.1, 0.15) is 45.1 Å². The van der Waals surface area contributed by atoms with E-state index in [4.69, 9.17) is 0 Å². The molecular formula is C18H29N5O. The molecule has 4 rings (SSSR count). The van der Waals surface area contributed by atoms with Gasteiger partial charge in [0, 0.05) is 25.8 Å². The van der Waals surface area contributed by atoms with Crippen LogP contribution in [0.2, 0.25) is 0 Å².